The number of rotatable bonds is 2. The van der Waals surface area contributed by atoms with Crippen molar-refractivity contribution in [2.24, 2.45) is 0 Å². The van der Waals surface area contributed by atoms with Gasteiger partial charge in [-0.2, -0.15) is 0 Å². The predicted octanol–water partition coefficient (Wildman–Crippen LogP) is 7.20. The van der Waals surface area contributed by atoms with Gasteiger partial charge in [0.25, 0.3) is 0 Å². The fourth-order valence-corrected chi connectivity index (χ4v) is 4.26. The number of nitrogens with zero attached hydrogens (tertiary/aromatic N) is 1. The molecule has 26 heavy (non-hydrogen) atoms. The minimum Gasteiger partial charge on any atom is -0.313 e. The number of allylic oxidation sites excluding steroid dienone is 4. The van der Waals surface area contributed by atoms with Crippen molar-refractivity contribution in [2.45, 2.75) is 12.3 Å². The Kier molecular flexibility index (Phi) is 3.79. The van der Waals surface area contributed by atoms with E-state index >= 15 is 0 Å². The molecule has 1 unspecified atom stereocenters. The number of para-hydroxylation sites is 1. The largest absolute Gasteiger partial charge is 0.313 e. The molecule has 0 amide bonds. The summed E-state index contributed by atoms with van der Waals surface area (Å²) in [6.07, 6.45) is 7.79. The molecule has 0 bridgehead atoms. The second-order valence-corrected chi connectivity index (χ2v) is 7.67. The van der Waals surface area contributed by atoms with Gasteiger partial charge < -0.3 is 4.90 Å². The van der Waals surface area contributed by atoms with Crippen LogP contribution in [-0.2, 0) is 0 Å². The van der Waals surface area contributed by atoms with E-state index in [4.69, 9.17) is 0 Å². The van der Waals surface area contributed by atoms with Crippen LogP contribution in [0.1, 0.15) is 17.9 Å². The average Bonchev–Trinajstić information content (AvgIpc) is 3.03. The first kappa shape index (κ1) is 15.7. The van der Waals surface area contributed by atoms with Crippen LogP contribution in [0.2, 0.25) is 0 Å². The highest BCUT2D eigenvalue weighted by molar-refractivity contribution is 9.10. The lowest BCUT2D eigenvalue weighted by molar-refractivity contribution is 0.819. The molecule has 0 fully saturated rings. The number of anilines is 2. The summed E-state index contributed by atoms with van der Waals surface area (Å²) in [6.45, 7) is 0. The molecule has 1 aliphatic carbocycles. The third-order valence-corrected chi connectivity index (χ3v) is 5.77. The number of benzene rings is 3. The zero-order valence-electron chi connectivity index (χ0n) is 14.3. The van der Waals surface area contributed by atoms with Gasteiger partial charge in [-0.05, 0) is 59.5 Å². The zero-order valence-corrected chi connectivity index (χ0v) is 15.9. The second-order valence-electron chi connectivity index (χ2n) is 6.76. The summed E-state index contributed by atoms with van der Waals surface area (Å²) in [7, 11) is 0. The van der Waals surface area contributed by atoms with Gasteiger partial charge in [0.05, 0.1) is 0 Å². The third kappa shape index (κ3) is 2.53. The smallest absolute Gasteiger partial charge is 0.0497 e. The van der Waals surface area contributed by atoms with E-state index in [2.05, 4.69) is 112 Å². The van der Waals surface area contributed by atoms with E-state index in [1.54, 1.807) is 0 Å². The van der Waals surface area contributed by atoms with Crippen molar-refractivity contribution >= 4 is 27.3 Å². The van der Waals surface area contributed by atoms with Gasteiger partial charge in [-0.1, -0.05) is 70.5 Å². The maximum atomic E-state index is 3.50. The molecule has 0 saturated heterocycles. The van der Waals surface area contributed by atoms with Crippen LogP contribution in [0.3, 0.4) is 0 Å². The Bertz CT molecular complexity index is 1010. The SMILES string of the molecule is Brc1ccc(-c2ccc(N3C4=CC=CCC4c4ccccc43)cc2)cc1. The van der Waals surface area contributed by atoms with E-state index < -0.39 is 0 Å². The fraction of sp³-hybridized carbons (Fsp3) is 0.0833. The van der Waals surface area contributed by atoms with Gasteiger partial charge in [0.15, 0.2) is 0 Å². The van der Waals surface area contributed by atoms with Gasteiger partial charge in [-0.15, -0.1) is 0 Å². The van der Waals surface area contributed by atoms with Crippen molar-refractivity contribution in [2.75, 3.05) is 4.90 Å². The summed E-state index contributed by atoms with van der Waals surface area (Å²) in [6, 6.07) is 26.1. The third-order valence-electron chi connectivity index (χ3n) is 5.25. The molecular weight excluding hydrogens is 382 g/mol. The van der Waals surface area contributed by atoms with E-state index in [1.807, 2.05) is 0 Å². The molecule has 0 saturated carbocycles. The Labute approximate surface area is 162 Å². The molecular formula is C24H18BrN. The predicted molar refractivity (Wildman–Crippen MR) is 113 cm³/mol. The quantitative estimate of drug-likeness (QED) is 0.440. The van der Waals surface area contributed by atoms with Gasteiger partial charge in [0.2, 0.25) is 0 Å². The normalized spacial score (nSPS) is 17.7. The highest BCUT2D eigenvalue weighted by Gasteiger charge is 2.34. The fourth-order valence-electron chi connectivity index (χ4n) is 3.99. The topological polar surface area (TPSA) is 3.24 Å². The molecule has 0 N–H and O–H groups in total. The van der Waals surface area contributed by atoms with Crippen LogP contribution < -0.4 is 4.90 Å². The summed E-state index contributed by atoms with van der Waals surface area (Å²) < 4.78 is 1.11. The summed E-state index contributed by atoms with van der Waals surface area (Å²) in [5, 5.41) is 0. The Hall–Kier alpha value is -2.58. The minimum atomic E-state index is 0.474. The standard InChI is InChI=1S/C24H18BrN/c25-19-13-9-17(10-14-19)18-11-15-20(16-12-18)26-23-7-3-1-5-21(23)22-6-2-4-8-24(22)26/h1-5,7-16,22H,6H2. The molecule has 3 aromatic rings. The molecule has 0 aromatic heterocycles. The maximum absolute atomic E-state index is 3.50. The molecule has 2 aliphatic rings. The van der Waals surface area contributed by atoms with E-state index in [0.717, 1.165) is 10.9 Å². The summed E-state index contributed by atoms with van der Waals surface area (Å²) >= 11 is 3.50. The lowest BCUT2D eigenvalue weighted by Crippen LogP contribution is -2.14. The highest BCUT2D eigenvalue weighted by atomic mass is 79.9. The van der Waals surface area contributed by atoms with E-state index in [1.165, 1.54) is 33.8 Å². The first-order valence-electron chi connectivity index (χ1n) is 8.93. The molecule has 1 aliphatic heterocycles. The Balaban J connectivity index is 1.56. The molecule has 5 rings (SSSR count). The summed E-state index contributed by atoms with van der Waals surface area (Å²) in [5.74, 6) is 0.474. The lowest BCUT2D eigenvalue weighted by Gasteiger charge is -2.24. The first-order chi connectivity index (χ1) is 12.8. The van der Waals surface area contributed by atoms with Crippen LogP contribution in [0.5, 0.6) is 0 Å². The van der Waals surface area contributed by atoms with Crippen LogP contribution in [0.25, 0.3) is 11.1 Å². The van der Waals surface area contributed by atoms with Crippen LogP contribution in [0, 0.1) is 0 Å². The van der Waals surface area contributed by atoms with E-state index in [0.29, 0.717) is 5.92 Å². The molecule has 1 nitrogen and oxygen atoms in total. The lowest BCUT2D eigenvalue weighted by atomic mass is 9.92. The van der Waals surface area contributed by atoms with Crippen LogP contribution in [0.15, 0.2) is 101 Å². The van der Waals surface area contributed by atoms with Crippen molar-refractivity contribution in [3.05, 3.63) is 107 Å². The van der Waals surface area contributed by atoms with Gasteiger partial charge in [-0.3, -0.25) is 0 Å². The van der Waals surface area contributed by atoms with Crippen LogP contribution in [-0.4, -0.2) is 0 Å². The maximum Gasteiger partial charge on any atom is 0.0497 e. The molecule has 3 aromatic carbocycles. The second kappa shape index (κ2) is 6.30. The average molecular weight is 400 g/mol. The van der Waals surface area contributed by atoms with Crippen molar-refractivity contribution in [3.8, 4) is 11.1 Å². The zero-order chi connectivity index (χ0) is 17.5. The van der Waals surface area contributed by atoms with Gasteiger partial charge >= 0.3 is 0 Å². The van der Waals surface area contributed by atoms with Crippen molar-refractivity contribution in [1.82, 2.24) is 0 Å². The monoisotopic (exact) mass is 399 g/mol. The van der Waals surface area contributed by atoms with Crippen LogP contribution in [0.4, 0.5) is 11.4 Å². The van der Waals surface area contributed by atoms with Gasteiger partial charge in [0.1, 0.15) is 0 Å². The number of fused-ring (bicyclic) bond motifs is 3. The van der Waals surface area contributed by atoms with Gasteiger partial charge in [-0.25, -0.2) is 0 Å². The number of hydrogen-bond donors (Lipinski definition) is 0. The van der Waals surface area contributed by atoms with E-state index in [-0.39, 0.29) is 0 Å². The van der Waals surface area contributed by atoms with Crippen molar-refractivity contribution in [3.63, 3.8) is 0 Å². The minimum absolute atomic E-state index is 0.474. The molecule has 2 heteroatoms. The number of halogens is 1. The molecule has 1 atom stereocenters. The van der Waals surface area contributed by atoms with Gasteiger partial charge in [0, 0.05) is 27.5 Å². The molecule has 0 spiro atoms. The molecule has 0 radical (unpaired) electrons. The Morgan fingerprint density at radius 3 is 2.27 bits per heavy atom. The number of hydrogen-bond acceptors (Lipinski definition) is 1. The van der Waals surface area contributed by atoms with Crippen molar-refractivity contribution < 1.29 is 0 Å². The van der Waals surface area contributed by atoms with Crippen LogP contribution >= 0.6 is 15.9 Å². The molecule has 1 heterocycles. The Morgan fingerprint density at radius 1 is 0.808 bits per heavy atom. The summed E-state index contributed by atoms with van der Waals surface area (Å²) in [5.41, 5.74) is 7.82. The molecule has 126 valence electrons. The summed E-state index contributed by atoms with van der Waals surface area (Å²) in [4.78, 5) is 2.41. The Morgan fingerprint density at radius 2 is 1.50 bits per heavy atom. The first-order valence-corrected chi connectivity index (χ1v) is 9.72. The van der Waals surface area contributed by atoms with E-state index in [9.17, 15) is 0 Å². The highest BCUT2D eigenvalue weighted by Crippen LogP contribution is 2.50. The van der Waals surface area contributed by atoms with Crippen molar-refractivity contribution in [1.29, 1.82) is 0 Å².